The van der Waals surface area contributed by atoms with E-state index < -0.39 is 18.4 Å². The van der Waals surface area contributed by atoms with Crippen LogP contribution in [-0.2, 0) is 9.59 Å². The predicted octanol–water partition coefficient (Wildman–Crippen LogP) is 0.578. The van der Waals surface area contributed by atoms with Gasteiger partial charge in [-0.15, -0.1) is 0 Å². The molecule has 0 bridgehead atoms. The van der Waals surface area contributed by atoms with Crippen LogP contribution in [0.3, 0.4) is 0 Å². The van der Waals surface area contributed by atoms with Gasteiger partial charge in [-0.2, -0.15) is 0 Å². The smallest absolute Gasteiger partial charge is 0.331 e. The van der Waals surface area contributed by atoms with Crippen LogP contribution in [0.4, 0.5) is 0 Å². The molecule has 6 heteroatoms. The summed E-state index contributed by atoms with van der Waals surface area (Å²) < 4.78 is 0. The lowest BCUT2D eigenvalue weighted by atomic mass is 10.2. The molecule has 2 N–H and O–H groups in total. The minimum Gasteiger partial charge on any atom is -0.481 e. The maximum atomic E-state index is 9.87. The van der Waals surface area contributed by atoms with Crippen molar-refractivity contribution in [2.45, 2.75) is 6.42 Å². The fraction of sp³-hybridized carbons (Fsp3) is 0.111. The Hall–Kier alpha value is -2.24. The van der Waals surface area contributed by atoms with Crippen molar-refractivity contribution in [2.24, 2.45) is 0 Å². The third-order valence-electron chi connectivity index (χ3n) is 1.14. The third kappa shape index (κ3) is 8.10. The minimum atomic E-state index is -1.27. The molecule has 0 radical (unpaired) electrons. The molecule has 0 aliphatic carbocycles. The number of hydrogen-bond donors (Lipinski definition) is 2. The van der Waals surface area contributed by atoms with E-state index in [0.29, 0.717) is 0 Å². The van der Waals surface area contributed by atoms with E-state index in [4.69, 9.17) is 10.2 Å². The molecule has 0 saturated heterocycles. The first-order valence-corrected chi connectivity index (χ1v) is 3.87. The molecule has 0 atom stereocenters. The fourth-order valence-corrected chi connectivity index (χ4v) is 0.511. The van der Waals surface area contributed by atoms with Crippen molar-refractivity contribution in [3.8, 4) is 0 Å². The van der Waals surface area contributed by atoms with E-state index >= 15 is 0 Å². The van der Waals surface area contributed by atoms with Gasteiger partial charge in [-0.05, 0) is 0 Å². The number of aromatic nitrogens is 2. The third-order valence-corrected chi connectivity index (χ3v) is 1.14. The molecule has 1 heterocycles. The highest BCUT2D eigenvalue weighted by Crippen LogP contribution is 1.95. The summed E-state index contributed by atoms with van der Waals surface area (Å²) in [4.78, 5) is 27.1. The van der Waals surface area contributed by atoms with E-state index in [1.807, 2.05) is 0 Å². The Morgan fingerprint density at radius 2 is 1.47 bits per heavy atom. The van der Waals surface area contributed by atoms with E-state index in [1.54, 1.807) is 24.8 Å². The van der Waals surface area contributed by atoms with Gasteiger partial charge < -0.3 is 10.2 Å². The topological polar surface area (TPSA) is 100 Å². The highest BCUT2D eigenvalue weighted by Gasteiger charge is 2.07. The van der Waals surface area contributed by atoms with Gasteiger partial charge in [-0.3, -0.25) is 14.8 Å². The summed E-state index contributed by atoms with van der Waals surface area (Å²) in [6.07, 6.45) is 6.05. The van der Waals surface area contributed by atoms with Crippen molar-refractivity contribution in [1.82, 2.24) is 9.97 Å². The average Bonchev–Trinajstić information content (AvgIpc) is 2.20. The van der Waals surface area contributed by atoms with Gasteiger partial charge in [-0.25, -0.2) is 4.79 Å². The summed E-state index contributed by atoms with van der Waals surface area (Å²) in [5.41, 5.74) is -0.303. The first kappa shape index (κ1) is 12.8. The van der Waals surface area contributed by atoms with Crippen LogP contribution < -0.4 is 0 Å². The van der Waals surface area contributed by atoms with E-state index in [-0.39, 0.29) is 5.57 Å². The molecule has 0 spiro atoms. The van der Waals surface area contributed by atoms with Crippen molar-refractivity contribution >= 4 is 11.9 Å². The van der Waals surface area contributed by atoms with Gasteiger partial charge in [0.1, 0.15) is 0 Å². The van der Waals surface area contributed by atoms with E-state index in [1.165, 1.54) is 0 Å². The average molecular weight is 210 g/mol. The summed E-state index contributed by atoms with van der Waals surface area (Å²) in [5.74, 6) is -2.44. The minimum absolute atomic E-state index is 0.303. The Labute approximate surface area is 85.9 Å². The second-order valence-corrected chi connectivity index (χ2v) is 2.37. The van der Waals surface area contributed by atoms with Crippen LogP contribution in [0.2, 0.25) is 0 Å². The summed E-state index contributed by atoms with van der Waals surface area (Å²) in [5, 5.41) is 16.1. The number of hydrogen-bond acceptors (Lipinski definition) is 4. The molecule has 6 nitrogen and oxygen atoms in total. The van der Waals surface area contributed by atoms with Crippen molar-refractivity contribution in [3.63, 3.8) is 0 Å². The van der Waals surface area contributed by atoms with Gasteiger partial charge in [0.2, 0.25) is 0 Å². The molecule has 80 valence electrons. The lowest BCUT2D eigenvalue weighted by molar-refractivity contribution is -0.139. The molecule has 0 aliphatic rings. The zero-order chi connectivity index (χ0) is 11.7. The summed E-state index contributed by atoms with van der Waals surface area (Å²) >= 11 is 0. The van der Waals surface area contributed by atoms with Gasteiger partial charge >= 0.3 is 11.9 Å². The first-order valence-electron chi connectivity index (χ1n) is 3.87. The molecule has 0 saturated carbocycles. The van der Waals surface area contributed by atoms with Crippen LogP contribution in [0.25, 0.3) is 0 Å². The van der Waals surface area contributed by atoms with Crippen molar-refractivity contribution in [1.29, 1.82) is 0 Å². The van der Waals surface area contributed by atoms with Gasteiger partial charge in [0.05, 0.1) is 6.42 Å². The number of carboxylic acids is 2. The molecule has 0 unspecified atom stereocenters. The van der Waals surface area contributed by atoms with Crippen LogP contribution in [0.5, 0.6) is 0 Å². The second kappa shape index (κ2) is 7.19. The van der Waals surface area contributed by atoms with Crippen LogP contribution in [0.15, 0.2) is 36.9 Å². The SMILES string of the molecule is C=C(CC(=O)O)C(=O)O.c1cnccn1. The largest absolute Gasteiger partial charge is 0.481 e. The van der Waals surface area contributed by atoms with Crippen LogP contribution >= 0.6 is 0 Å². The Kier molecular flexibility index (Phi) is 6.12. The highest BCUT2D eigenvalue weighted by atomic mass is 16.4. The number of rotatable bonds is 3. The van der Waals surface area contributed by atoms with Crippen LogP contribution in [0, 0.1) is 0 Å². The van der Waals surface area contributed by atoms with Gasteiger partial charge in [-0.1, -0.05) is 6.58 Å². The number of aliphatic carboxylic acids is 2. The zero-order valence-electron chi connectivity index (χ0n) is 7.83. The van der Waals surface area contributed by atoms with Gasteiger partial charge in [0.15, 0.2) is 0 Å². The quantitative estimate of drug-likeness (QED) is 0.707. The van der Waals surface area contributed by atoms with Crippen molar-refractivity contribution < 1.29 is 19.8 Å². The molecule has 0 fully saturated rings. The first-order chi connectivity index (χ1) is 7.04. The van der Waals surface area contributed by atoms with Gasteiger partial charge in [0, 0.05) is 30.4 Å². The molecule has 1 rings (SSSR count). The van der Waals surface area contributed by atoms with E-state index in [0.717, 1.165) is 0 Å². The Balaban J connectivity index is 0.000000280. The maximum Gasteiger partial charge on any atom is 0.331 e. The van der Waals surface area contributed by atoms with E-state index in [9.17, 15) is 9.59 Å². The Morgan fingerprint density at radius 3 is 1.60 bits per heavy atom. The molecule has 1 aromatic heterocycles. The predicted molar refractivity (Wildman–Crippen MR) is 51.1 cm³/mol. The highest BCUT2D eigenvalue weighted by molar-refractivity contribution is 5.91. The van der Waals surface area contributed by atoms with Crippen molar-refractivity contribution in [2.75, 3.05) is 0 Å². The Bertz CT molecular complexity index is 311. The summed E-state index contributed by atoms with van der Waals surface area (Å²) in [7, 11) is 0. The number of carboxylic acid groups (broad SMARTS) is 2. The maximum absolute atomic E-state index is 9.87. The number of carbonyl (C=O) groups is 2. The molecule has 0 aromatic carbocycles. The van der Waals surface area contributed by atoms with E-state index in [2.05, 4.69) is 16.5 Å². The molecule has 1 aromatic rings. The second-order valence-electron chi connectivity index (χ2n) is 2.37. The molecule has 0 amide bonds. The summed E-state index contributed by atoms with van der Waals surface area (Å²) in [6.45, 7) is 3.01. The molecular weight excluding hydrogens is 200 g/mol. The zero-order valence-corrected chi connectivity index (χ0v) is 7.83. The normalized spacial score (nSPS) is 8.27. The summed E-state index contributed by atoms with van der Waals surface area (Å²) in [6, 6.07) is 0. The molecular formula is C9H10N2O4. The molecule has 15 heavy (non-hydrogen) atoms. The van der Waals surface area contributed by atoms with Crippen LogP contribution in [0.1, 0.15) is 6.42 Å². The fourth-order valence-electron chi connectivity index (χ4n) is 0.511. The Morgan fingerprint density at radius 1 is 1.07 bits per heavy atom. The lowest BCUT2D eigenvalue weighted by Crippen LogP contribution is -2.04. The van der Waals surface area contributed by atoms with Gasteiger partial charge in [0.25, 0.3) is 0 Å². The molecule has 0 aliphatic heterocycles. The number of nitrogens with zero attached hydrogens (tertiary/aromatic N) is 2. The lowest BCUT2D eigenvalue weighted by Gasteiger charge is -1.91. The van der Waals surface area contributed by atoms with Crippen molar-refractivity contribution in [3.05, 3.63) is 36.9 Å². The standard InChI is InChI=1S/C5H6O4.C4H4N2/c1-3(5(8)9)2-4(6)7;1-2-6-4-3-5-1/h1-2H2,(H,6,7)(H,8,9);1-4H. The monoisotopic (exact) mass is 210 g/mol. The van der Waals surface area contributed by atoms with Crippen LogP contribution in [-0.4, -0.2) is 32.1 Å².